The van der Waals surface area contributed by atoms with Crippen LogP contribution in [0.4, 0.5) is 10.1 Å². The van der Waals surface area contributed by atoms with E-state index in [1.54, 1.807) is 18.2 Å². The molecule has 0 unspecified atom stereocenters. The number of halogens is 2. The van der Waals surface area contributed by atoms with E-state index in [9.17, 15) is 14.0 Å². The summed E-state index contributed by atoms with van der Waals surface area (Å²) in [4.78, 5) is 27.0. The smallest absolute Gasteiger partial charge is 0.235 e. The Bertz CT molecular complexity index is 1430. The number of azide groups is 1. The van der Waals surface area contributed by atoms with Gasteiger partial charge in [0.2, 0.25) is 11.8 Å². The minimum atomic E-state index is -0.360. The number of hydrogen-bond acceptors (Lipinski definition) is 3. The monoisotopic (exact) mass is 559 g/mol. The SMILES string of the molecule is [N-]=[N+]=NCc1ccc(C=C2C=C(CC(=O)NCc3ccc(NC(=O)CBr)cc3)c3cc(F)ccc32)cc1. The van der Waals surface area contributed by atoms with Gasteiger partial charge in [0.1, 0.15) is 5.82 Å². The van der Waals surface area contributed by atoms with Crippen molar-refractivity contribution in [2.24, 2.45) is 5.11 Å². The molecule has 0 atom stereocenters. The summed E-state index contributed by atoms with van der Waals surface area (Å²) in [6, 6.07) is 19.5. The van der Waals surface area contributed by atoms with Gasteiger partial charge in [0, 0.05) is 17.1 Å². The van der Waals surface area contributed by atoms with Crippen LogP contribution in [0.15, 0.2) is 77.9 Å². The first-order valence-corrected chi connectivity index (χ1v) is 12.6. The summed E-state index contributed by atoms with van der Waals surface area (Å²) in [7, 11) is 0. The van der Waals surface area contributed by atoms with Crippen molar-refractivity contribution < 1.29 is 14.0 Å². The molecule has 1 aliphatic carbocycles. The van der Waals surface area contributed by atoms with Crippen LogP contribution in [0.2, 0.25) is 0 Å². The molecular weight excluding hydrogens is 537 g/mol. The first kappa shape index (κ1) is 25.9. The highest BCUT2D eigenvalue weighted by atomic mass is 79.9. The molecule has 0 bridgehead atoms. The fourth-order valence-corrected chi connectivity index (χ4v) is 4.13. The van der Waals surface area contributed by atoms with Gasteiger partial charge < -0.3 is 10.6 Å². The Hall–Kier alpha value is -4.20. The van der Waals surface area contributed by atoms with Crippen LogP contribution in [0.1, 0.15) is 34.2 Å². The number of nitrogens with zero attached hydrogens (tertiary/aromatic N) is 3. The Morgan fingerprint density at radius 2 is 1.70 bits per heavy atom. The molecule has 0 heterocycles. The molecule has 2 N–H and O–H groups in total. The van der Waals surface area contributed by atoms with Crippen LogP contribution in [0, 0.1) is 5.82 Å². The normalized spacial score (nSPS) is 12.9. The van der Waals surface area contributed by atoms with E-state index in [1.807, 2.05) is 48.6 Å². The van der Waals surface area contributed by atoms with E-state index in [0.717, 1.165) is 33.4 Å². The molecule has 2 amide bonds. The highest BCUT2D eigenvalue weighted by Gasteiger charge is 2.21. The molecule has 37 heavy (non-hydrogen) atoms. The van der Waals surface area contributed by atoms with Crippen molar-refractivity contribution in [1.29, 1.82) is 0 Å². The number of carbonyl (C=O) groups excluding carboxylic acids is 2. The summed E-state index contributed by atoms with van der Waals surface area (Å²) in [5, 5.41) is 9.44. The van der Waals surface area contributed by atoms with Gasteiger partial charge in [-0.3, -0.25) is 9.59 Å². The average molecular weight is 560 g/mol. The molecule has 7 nitrogen and oxygen atoms in total. The molecule has 3 aromatic carbocycles. The van der Waals surface area contributed by atoms with Crippen molar-refractivity contribution in [3.8, 4) is 0 Å². The molecule has 9 heteroatoms. The van der Waals surface area contributed by atoms with Gasteiger partial charge in [-0.15, -0.1) is 0 Å². The summed E-state index contributed by atoms with van der Waals surface area (Å²) in [5.74, 6) is -0.680. The lowest BCUT2D eigenvalue weighted by Crippen LogP contribution is -2.22. The van der Waals surface area contributed by atoms with E-state index in [-0.39, 0.29) is 35.9 Å². The second-order valence-corrected chi connectivity index (χ2v) is 8.98. The summed E-state index contributed by atoms with van der Waals surface area (Å²) < 4.78 is 14.1. The molecule has 0 fully saturated rings. The Labute approximate surface area is 221 Å². The topological polar surface area (TPSA) is 107 Å². The van der Waals surface area contributed by atoms with Crippen LogP contribution in [-0.2, 0) is 22.7 Å². The fraction of sp³-hybridized carbons (Fsp3) is 0.143. The lowest BCUT2D eigenvalue weighted by molar-refractivity contribution is -0.120. The quantitative estimate of drug-likeness (QED) is 0.133. The third-order valence-corrected chi connectivity index (χ3v) is 6.30. The van der Waals surface area contributed by atoms with E-state index >= 15 is 0 Å². The molecule has 186 valence electrons. The molecule has 0 aromatic heterocycles. The zero-order valence-corrected chi connectivity index (χ0v) is 21.3. The van der Waals surface area contributed by atoms with Crippen LogP contribution >= 0.6 is 15.9 Å². The predicted molar refractivity (Wildman–Crippen MR) is 147 cm³/mol. The first-order chi connectivity index (χ1) is 17.9. The van der Waals surface area contributed by atoms with Crippen molar-refractivity contribution >= 4 is 50.7 Å². The Balaban J connectivity index is 1.45. The van der Waals surface area contributed by atoms with E-state index in [1.165, 1.54) is 12.1 Å². The number of amides is 2. The van der Waals surface area contributed by atoms with Gasteiger partial charge >= 0.3 is 0 Å². The molecular formula is C28H23BrFN5O2. The first-order valence-electron chi connectivity index (χ1n) is 11.5. The van der Waals surface area contributed by atoms with E-state index in [4.69, 9.17) is 5.53 Å². The van der Waals surface area contributed by atoms with Crippen LogP contribution in [0.3, 0.4) is 0 Å². The number of alkyl halides is 1. The third-order valence-electron chi connectivity index (χ3n) is 5.79. The summed E-state index contributed by atoms with van der Waals surface area (Å²) in [6.07, 6.45) is 4.01. The van der Waals surface area contributed by atoms with Crippen LogP contribution in [-0.4, -0.2) is 17.1 Å². The number of allylic oxidation sites excluding steroid dienone is 2. The largest absolute Gasteiger partial charge is 0.352 e. The van der Waals surface area contributed by atoms with Gasteiger partial charge in [-0.25, -0.2) is 4.39 Å². The van der Waals surface area contributed by atoms with E-state index in [0.29, 0.717) is 17.8 Å². The van der Waals surface area contributed by atoms with E-state index in [2.05, 4.69) is 36.6 Å². The molecule has 0 radical (unpaired) electrons. The Morgan fingerprint density at radius 1 is 0.973 bits per heavy atom. The summed E-state index contributed by atoms with van der Waals surface area (Å²) >= 11 is 3.11. The van der Waals surface area contributed by atoms with Gasteiger partial charge in [0.25, 0.3) is 0 Å². The second-order valence-electron chi connectivity index (χ2n) is 8.42. The minimum absolute atomic E-state index is 0.109. The van der Waals surface area contributed by atoms with Crippen LogP contribution in [0.25, 0.3) is 27.7 Å². The van der Waals surface area contributed by atoms with Gasteiger partial charge in [-0.2, -0.15) is 0 Å². The predicted octanol–water partition coefficient (Wildman–Crippen LogP) is 6.61. The number of benzene rings is 3. The number of nitrogens with one attached hydrogen (secondary N) is 2. The maximum atomic E-state index is 14.1. The van der Waals surface area contributed by atoms with E-state index < -0.39 is 0 Å². The number of fused-ring (bicyclic) bond motifs is 1. The van der Waals surface area contributed by atoms with Gasteiger partial charge in [-0.1, -0.05) is 63.5 Å². The highest BCUT2D eigenvalue weighted by Crippen LogP contribution is 2.38. The molecule has 0 saturated carbocycles. The zero-order chi connectivity index (χ0) is 26.2. The number of rotatable bonds is 9. The summed E-state index contributed by atoms with van der Waals surface area (Å²) in [5.41, 5.74) is 15.1. The van der Waals surface area contributed by atoms with Gasteiger partial charge in [0.15, 0.2) is 0 Å². The molecule has 0 aliphatic heterocycles. The van der Waals surface area contributed by atoms with Crippen molar-refractivity contribution in [3.63, 3.8) is 0 Å². The summed E-state index contributed by atoms with van der Waals surface area (Å²) in [6.45, 7) is 0.617. The second kappa shape index (κ2) is 12.2. The maximum Gasteiger partial charge on any atom is 0.235 e. The molecule has 4 rings (SSSR count). The lowest BCUT2D eigenvalue weighted by atomic mass is 10.0. The van der Waals surface area contributed by atoms with Crippen molar-refractivity contribution in [2.75, 3.05) is 10.6 Å². The van der Waals surface area contributed by atoms with Crippen molar-refractivity contribution in [2.45, 2.75) is 19.5 Å². The van der Waals surface area contributed by atoms with Crippen LogP contribution in [0.5, 0.6) is 0 Å². The Kier molecular flexibility index (Phi) is 8.51. The third kappa shape index (κ3) is 6.94. The number of hydrogen-bond donors (Lipinski definition) is 2. The minimum Gasteiger partial charge on any atom is -0.352 e. The maximum absolute atomic E-state index is 14.1. The number of carbonyl (C=O) groups is 2. The molecule has 1 aliphatic rings. The lowest BCUT2D eigenvalue weighted by Gasteiger charge is -2.09. The fourth-order valence-electron chi connectivity index (χ4n) is 3.99. The van der Waals surface area contributed by atoms with Gasteiger partial charge in [0.05, 0.1) is 18.3 Å². The zero-order valence-electron chi connectivity index (χ0n) is 19.7. The Morgan fingerprint density at radius 3 is 2.41 bits per heavy atom. The average Bonchev–Trinajstić information content (AvgIpc) is 3.23. The van der Waals surface area contributed by atoms with Crippen LogP contribution < -0.4 is 10.6 Å². The van der Waals surface area contributed by atoms with Crippen molar-refractivity contribution in [3.05, 3.63) is 117 Å². The molecule has 0 saturated heterocycles. The standard InChI is InChI=1S/C28H23BrFN5O2/c29-15-28(37)34-24-8-5-19(6-9-24)16-32-27(36)13-22-12-21(25-10-7-23(30)14-26(22)25)11-18-1-3-20(4-2-18)17-33-35-31/h1-12,14H,13,15-17H2,(H,32,36)(H,34,37). The number of anilines is 1. The van der Waals surface area contributed by atoms with Crippen molar-refractivity contribution in [1.82, 2.24) is 5.32 Å². The van der Waals surface area contributed by atoms with Gasteiger partial charge in [-0.05, 0) is 80.9 Å². The molecule has 0 spiro atoms. The highest BCUT2D eigenvalue weighted by molar-refractivity contribution is 9.09. The molecule has 3 aromatic rings.